The van der Waals surface area contributed by atoms with Crippen LogP contribution in [-0.4, -0.2) is 38.1 Å². The fourth-order valence-electron chi connectivity index (χ4n) is 3.84. The number of halogens is 1. The predicted molar refractivity (Wildman–Crippen MR) is 136 cm³/mol. The molecule has 0 radical (unpaired) electrons. The molecule has 0 atom stereocenters. The van der Waals surface area contributed by atoms with E-state index in [1.165, 1.54) is 18.4 Å². The van der Waals surface area contributed by atoms with Crippen LogP contribution in [0.2, 0.25) is 0 Å². The molecule has 1 amide bonds. The lowest BCUT2D eigenvalue weighted by atomic mass is 9.96. The maximum atomic E-state index is 11.5. The number of rotatable bonds is 8. The van der Waals surface area contributed by atoms with Gasteiger partial charge in [0.2, 0.25) is 5.91 Å². The number of nitrogens with zero attached hydrogens (tertiary/aromatic N) is 1. The van der Waals surface area contributed by atoms with Gasteiger partial charge in [-0.25, -0.2) is 0 Å². The first-order valence-corrected chi connectivity index (χ1v) is 10.8. The van der Waals surface area contributed by atoms with Crippen LogP contribution in [0.5, 0.6) is 5.75 Å². The third-order valence-electron chi connectivity index (χ3n) is 5.76. The molecule has 2 aliphatic rings. The Morgan fingerprint density at radius 2 is 1.94 bits per heavy atom. The summed E-state index contributed by atoms with van der Waals surface area (Å²) in [6.45, 7) is 4.90. The number of fused-ring (bicyclic) bond motifs is 1. The number of amides is 1. The van der Waals surface area contributed by atoms with Gasteiger partial charge in [-0.3, -0.25) is 9.79 Å². The van der Waals surface area contributed by atoms with Gasteiger partial charge in [-0.1, -0.05) is 30.3 Å². The molecule has 3 N–H and O–H groups in total. The number of benzene rings is 2. The van der Waals surface area contributed by atoms with Gasteiger partial charge in [0, 0.05) is 24.1 Å². The van der Waals surface area contributed by atoms with E-state index >= 15 is 0 Å². The van der Waals surface area contributed by atoms with Crippen LogP contribution < -0.4 is 20.7 Å². The smallest absolute Gasteiger partial charge is 0.224 e. The van der Waals surface area contributed by atoms with Crippen molar-refractivity contribution >= 4 is 41.5 Å². The largest absolute Gasteiger partial charge is 0.492 e. The van der Waals surface area contributed by atoms with E-state index in [0.29, 0.717) is 19.6 Å². The SMILES string of the molecule is CCNC(=NCC1(c2ccccc2)CC1)NCCOc1ccc2c(c1)CCC(=O)N2.I. The van der Waals surface area contributed by atoms with Gasteiger partial charge in [-0.15, -0.1) is 24.0 Å². The van der Waals surface area contributed by atoms with E-state index in [9.17, 15) is 4.79 Å². The van der Waals surface area contributed by atoms with Crippen LogP contribution in [0.15, 0.2) is 53.5 Å². The molecule has 2 aromatic rings. The summed E-state index contributed by atoms with van der Waals surface area (Å²) < 4.78 is 5.90. The Hall–Kier alpha value is -2.29. The van der Waals surface area contributed by atoms with Crippen LogP contribution in [0, 0.1) is 0 Å². The van der Waals surface area contributed by atoms with Crippen molar-refractivity contribution in [1.82, 2.24) is 10.6 Å². The number of guanidine groups is 1. The third kappa shape index (κ3) is 6.12. The minimum Gasteiger partial charge on any atom is -0.492 e. The van der Waals surface area contributed by atoms with Crippen LogP contribution in [0.25, 0.3) is 0 Å². The van der Waals surface area contributed by atoms with Crippen molar-refractivity contribution in [2.24, 2.45) is 4.99 Å². The highest BCUT2D eigenvalue weighted by molar-refractivity contribution is 14.0. The molecule has 1 heterocycles. The molecule has 0 spiro atoms. The van der Waals surface area contributed by atoms with Gasteiger partial charge in [0.05, 0.1) is 13.1 Å². The topological polar surface area (TPSA) is 74.8 Å². The van der Waals surface area contributed by atoms with E-state index in [1.807, 2.05) is 18.2 Å². The molecule has 2 aromatic carbocycles. The zero-order valence-electron chi connectivity index (χ0n) is 17.9. The molecule has 1 fully saturated rings. The quantitative estimate of drug-likeness (QED) is 0.208. The number of anilines is 1. The first-order chi connectivity index (χ1) is 14.7. The Morgan fingerprint density at radius 1 is 1.13 bits per heavy atom. The number of aryl methyl sites for hydroxylation is 1. The predicted octanol–water partition coefficient (Wildman–Crippen LogP) is 3.86. The Kier molecular flexibility index (Phi) is 8.17. The Morgan fingerprint density at radius 3 is 2.68 bits per heavy atom. The first-order valence-electron chi connectivity index (χ1n) is 10.8. The van der Waals surface area contributed by atoms with Crippen LogP contribution in [0.1, 0.15) is 37.3 Å². The molecule has 166 valence electrons. The molecular formula is C24H31IN4O2. The van der Waals surface area contributed by atoms with Gasteiger partial charge in [0.15, 0.2) is 5.96 Å². The highest BCUT2D eigenvalue weighted by atomic mass is 127. The van der Waals surface area contributed by atoms with E-state index in [-0.39, 0.29) is 35.3 Å². The lowest BCUT2D eigenvalue weighted by Crippen LogP contribution is -2.39. The average Bonchev–Trinajstić information content (AvgIpc) is 3.57. The lowest BCUT2D eigenvalue weighted by Gasteiger charge is -2.18. The fourth-order valence-corrected chi connectivity index (χ4v) is 3.84. The first kappa shape index (κ1) is 23.4. The molecule has 7 heteroatoms. The number of aliphatic imine (C=N–C) groups is 1. The molecule has 1 aliphatic carbocycles. The summed E-state index contributed by atoms with van der Waals surface area (Å²) in [4.78, 5) is 16.3. The van der Waals surface area contributed by atoms with Crippen molar-refractivity contribution in [2.45, 2.75) is 38.0 Å². The summed E-state index contributed by atoms with van der Waals surface area (Å²) in [5.74, 6) is 1.74. The number of ether oxygens (including phenoxy) is 1. The van der Waals surface area contributed by atoms with Crippen molar-refractivity contribution in [2.75, 3.05) is 31.6 Å². The molecular weight excluding hydrogens is 503 g/mol. The van der Waals surface area contributed by atoms with Gasteiger partial charge in [-0.2, -0.15) is 0 Å². The highest BCUT2D eigenvalue weighted by Gasteiger charge is 2.43. The molecule has 0 bridgehead atoms. The standard InChI is InChI=1S/C24H30N4O2.HI/c1-2-25-23(27-17-24(12-13-24)19-6-4-3-5-7-19)26-14-15-30-20-9-10-21-18(16-20)8-11-22(29)28-21;/h3-7,9-10,16H,2,8,11-15,17H2,1H3,(H,28,29)(H2,25,26,27);1H. The van der Waals surface area contributed by atoms with Crippen LogP contribution in [0.4, 0.5) is 5.69 Å². The second-order valence-corrected chi connectivity index (χ2v) is 7.98. The summed E-state index contributed by atoms with van der Waals surface area (Å²) in [5.41, 5.74) is 3.62. The second-order valence-electron chi connectivity index (χ2n) is 7.98. The zero-order valence-corrected chi connectivity index (χ0v) is 20.3. The third-order valence-corrected chi connectivity index (χ3v) is 5.76. The number of hydrogen-bond donors (Lipinski definition) is 3. The molecule has 31 heavy (non-hydrogen) atoms. The maximum Gasteiger partial charge on any atom is 0.224 e. The van der Waals surface area contributed by atoms with Crippen molar-refractivity contribution in [3.05, 3.63) is 59.7 Å². The Bertz CT molecular complexity index is 913. The van der Waals surface area contributed by atoms with E-state index in [1.54, 1.807) is 0 Å². The van der Waals surface area contributed by atoms with Crippen LogP contribution >= 0.6 is 24.0 Å². The van der Waals surface area contributed by atoms with Gasteiger partial charge in [-0.05, 0) is 55.5 Å². The molecule has 0 unspecified atom stereocenters. The Labute approximate surface area is 201 Å². The van der Waals surface area contributed by atoms with E-state index in [0.717, 1.165) is 42.5 Å². The monoisotopic (exact) mass is 534 g/mol. The van der Waals surface area contributed by atoms with Crippen molar-refractivity contribution in [3.63, 3.8) is 0 Å². The van der Waals surface area contributed by atoms with Crippen molar-refractivity contribution in [3.8, 4) is 5.75 Å². The summed E-state index contributed by atoms with van der Waals surface area (Å²) >= 11 is 0. The van der Waals surface area contributed by atoms with Crippen LogP contribution in [-0.2, 0) is 16.6 Å². The fraction of sp³-hybridized carbons (Fsp3) is 0.417. The van der Waals surface area contributed by atoms with Crippen molar-refractivity contribution < 1.29 is 9.53 Å². The number of carbonyl (C=O) groups is 1. The van der Waals surface area contributed by atoms with E-state index < -0.39 is 0 Å². The molecule has 0 saturated heterocycles. The summed E-state index contributed by atoms with van der Waals surface area (Å²) in [6, 6.07) is 16.5. The van der Waals surface area contributed by atoms with Gasteiger partial charge in [0.1, 0.15) is 12.4 Å². The lowest BCUT2D eigenvalue weighted by molar-refractivity contribution is -0.116. The summed E-state index contributed by atoms with van der Waals surface area (Å²) in [6.07, 6.45) is 3.69. The minimum atomic E-state index is 0. The molecule has 1 aliphatic heterocycles. The van der Waals surface area contributed by atoms with Gasteiger partial charge < -0.3 is 20.7 Å². The molecule has 1 saturated carbocycles. The Balaban J connectivity index is 0.00000272. The normalized spacial score (nSPS) is 16.4. The van der Waals surface area contributed by atoms with Crippen LogP contribution in [0.3, 0.4) is 0 Å². The number of nitrogens with one attached hydrogen (secondary N) is 3. The molecule has 4 rings (SSSR count). The zero-order chi connectivity index (χ0) is 20.8. The number of hydrogen-bond acceptors (Lipinski definition) is 3. The summed E-state index contributed by atoms with van der Waals surface area (Å²) in [5, 5.41) is 9.58. The van der Waals surface area contributed by atoms with Gasteiger partial charge >= 0.3 is 0 Å². The van der Waals surface area contributed by atoms with E-state index in [2.05, 4.69) is 53.2 Å². The number of carbonyl (C=O) groups excluding carboxylic acids is 1. The average molecular weight is 534 g/mol. The molecule has 6 nitrogen and oxygen atoms in total. The summed E-state index contributed by atoms with van der Waals surface area (Å²) in [7, 11) is 0. The molecule has 0 aromatic heterocycles. The maximum absolute atomic E-state index is 11.5. The van der Waals surface area contributed by atoms with Crippen molar-refractivity contribution in [1.29, 1.82) is 0 Å². The van der Waals surface area contributed by atoms with Gasteiger partial charge in [0.25, 0.3) is 0 Å². The second kappa shape index (κ2) is 10.8. The van der Waals surface area contributed by atoms with E-state index in [4.69, 9.17) is 9.73 Å². The highest BCUT2D eigenvalue weighted by Crippen LogP contribution is 2.48. The minimum absolute atomic E-state index is 0.